The van der Waals surface area contributed by atoms with Crippen molar-refractivity contribution in [3.63, 3.8) is 0 Å². The lowest BCUT2D eigenvalue weighted by Gasteiger charge is -2.00. The molecule has 0 fully saturated rings. The third-order valence-electron chi connectivity index (χ3n) is 2.00. The van der Waals surface area contributed by atoms with Crippen LogP contribution in [0.25, 0.3) is 0 Å². The SMILES string of the molecule is CCOC(=O)CN=Cc1cc(Cl)ccc1C. The van der Waals surface area contributed by atoms with Gasteiger partial charge >= 0.3 is 5.97 Å². The van der Waals surface area contributed by atoms with Gasteiger partial charge in [0.1, 0.15) is 6.54 Å². The van der Waals surface area contributed by atoms with E-state index in [9.17, 15) is 4.79 Å². The molecule has 1 rings (SSSR count). The molecule has 1 aromatic carbocycles. The lowest BCUT2D eigenvalue weighted by atomic mass is 10.1. The Bertz CT molecular complexity index is 402. The van der Waals surface area contributed by atoms with Crippen molar-refractivity contribution >= 4 is 23.8 Å². The van der Waals surface area contributed by atoms with Crippen LogP contribution in [-0.4, -0.2) is 25.3 Å². The lowest BCUT2D eigenvalue weighted by Crippen LogP contribution is -2.07. The first-order valence-electron chi connectivity index (χ1n) is 5.05. The van der Waals surface area contributed by atoms with Crippen molar-refractivity contribution in [2.75, 3.05) is 13.2 Å². The number of carbonyl (C=O) groups excluding carboxylic acids is 1. The number of halogens is 1. The Kier molecular flexibility index (Phi) is 4.99. The van der Waals surface area contributed by atoms with E-state index in [-0.39, 0.29) is 12.5 Å². The Hall–Kier alpha value is -1.35. The second-order valence-corrected chi connectivity index (χ2v) is 3.71. The summed E-state index contributed by atoms with van der Waals surface area (Å²) < 4.78 is 4.76. The van der Waals surface area contributed by atoms with E-state index in [1.807, 2.05) is 25.1 Å². The van der Waals surface area contributed by atoms with Gasteiger partial charge in [0.15, 0.2) is 0 Å². The average molecular weight is 240 g/mol. The third-order valence-corrected chi connectivity index (χ3v) is 2.23. The zero-order chi connectivity index (χ0) is 12.0. The molecule has 4 heteroatoms. The maximum Gasteiger partial charge on any atom is 0.327 e. The van der Waals surface area contributed by atoms with Crippen LogP contribution in [0, 0.1) is 6.92 Å². The molecule has 0 radical (unpaired) electrons. The van der Waals surface area contributed by atoms with E-state index in [0.717, 1.165) is 11.1 Å². The Morgan fingerprint density at radius 2 is 2.31 bits per heavy atom. The summed E-state index contributed by atoms with van der Waals surface area (Å²) in [6, 6.07) is 5.54. The van der Waals surface area contributed by atoms with Crippen molar-refractivity contribution in [2.24, 2.45) is 4.99 Å². The quantitative estimate of drug-likeness (QED) is 0.599. The van der Waals surface area contributed by atoms with Crippen molar-refractivity contribution in [1.82, 2.24) is 0 Å². The number of esters is 1. The van der Waals surface area contributed by atoms with Gasteiger partial charge in [0.25, 0.3) is 0 Å². The van der Waals surface area contributed by atoms with Gasteiger partial charge in [0.05, 0.1) is 6.61 Å². The molecule has 0 amide bonds. The molecule has 0 bridgehead atoms. The Morgan fingerprint density at radius 1 is 1.56 bits per heavy atom. The van der Waals surface area contributed by atoms with Gasteiger partial charge in [-0.25, -0.2) is 0 Å². The standard InChI is InChI=1S/C12H14ClNO2/c1-3-16-12(15)8-14-7-10-6-11(13)5-4-9(10)2/h4-7H,3,8H2,1-2H3. The van der Waals surface area contributed by atoms with Crippen LogP contribution in [-0.2, 0) is 9.53 Å². The first-order valence-corrected chi connectivity index (χ1v) is 5.43. The van der Waals surface area contributed by atoms with Crippen LogP contribution in [0.3, 0.4) is 0 Å². The van der Waals surface area contributed by atoms with E-state index >= 15 is 0 Å². The Balaban J connectivity index is 2.62. The van der Waals surface area contributed by atoms with Gasteiger partial charge in [-0.05, 0) is 37.1 Å². The molecule has 1 aromatic rings. The number of hydrogen-bond acceptors (Lipinski definition) is 3. The molecule has 0 saturated heterocycles. The van der Waals surface area contributed by atoms with Crippen molar-refractivity contribution in [2.45, 2.75) is 13.8 Å². The second-order valence-electron chi connectivity index (χ2n) is 3.28. The smallest absolute Gasteiger partial charge is 0.327 e. The van der Waals surface area contributed by atoms with Gasteiger partial charge in [-0.15, -0.1) is 0 Å². The predicted molar refractivity (Wildman–Crippen MR) is 65.3 cm³/mol. The minimum atomic E-state index is -0.321. The highest BCUT2D eigenvalue weighted by Gasteiger charge is 1.99. The molecule has 0 aliphatic rings. The fourth-order valence-electron chi connectivity index (χ4n) is 1.18. The fourth-order valence-corrected chi connectivity index (χ4v) is 1.36. The van der Waals surface area contributed by atoms with Crippen molar-refractivity contribution in [3.8, 4) is 0 Å². The van der Waals surface area contributed by atoms with Crippen LogP contribution >= 0.6 is 11.6 Å². The van der Waals surface area contributed by atoms with Gasteiger partial charge in [-0.3, -0.25) is 9.79 Å². The van der Waals surface area contributed by atoms with E-state index in [2.05, 4.69) is 4.99 Å². The van der Waals surface area contributed by atoms with Gasteiger partial charge in [0, 0.05) is 11.2 Å². The summed E-state index contributed by atoms with van der Waals surface area (Å²) in [5.74, 6) is -0.321. The number of aryl methyl sites for hydroxylation is 1. The molecule has 0 unspecified atom stereocenters. The van der Waals surface area contributed by atoms with Crippen molar-refractivity contribution in [3.05, 3.63) is 34.3 Å². The normalized spacial score (nSPS) is 10.7. The molecule has 86 valence electrons. The Labute approximate surface area is 100 Å². The molecule has 3 nitrogen and oxygen atoms in total. The first-order chi connectivity index (χ1) is 7.63. The molecule has 0 saturated carbocycles. The van der Waals surface area contributed by atoms with Crippen molar-refractivity contribution in [1.29, 1.82) is 0 Å². The third kappa shape index (κ3) is 4.03. The van der Waals surface area contributed by atoms with Gasteiger partial charge in [0.2, 0.25) is 0 Å². The number of nitrogens with zero attached hydrogens (tertiary/aromatic N) is 1. The predicted octanol–water partition coefficient (Wildman–Crippen LogP) is 2.63. The summed E-state index contributed by atoms with van der Waals surface area (Å²) in [6.45, 7) is 4.15. The largest absolute Gasteiger partial charge is 0.465 e. The summed E-state index contributed by atoms with van der Waals surface area (Å²) in [5, 5.41) is 0.656. The van der Waals surface area contributed by atoms with Crippen LogP contribution in [0.2, 0.25) is 5.02 Å². The molecular weight excluding hydrogens is 226 g/mol. The monoisotopic (exact) mass is 239 g/mol. The molecule has 0 heterocycles. The molecule has 16 heavy (non-hydrogen) atoms. The molecule has 0 aliphatic carbocycles. The molecule has 0 spiro atoms. The number of carbonyl (C=O) groups is 1. The van der Waals surface area contributed by atoms with E-state index in [1.54, 1.807) is 13.1 Å². The van der Waals surface area contributed by atoms with E-state index in [4.69, 9.17) is 16.3 Å². The molecule has 0 N–H and O–H groups in total. The lowest BCUT2D eigenvalue weighted by molar-refractivity contribution is -0.141. The van der Waals surface area contributed by atoms with Crippen LogP contribution in [0.5, 0.6) is 0 Å². The Morgan fingerprint density at radius 3 is 3.00 bits per heavy atom. The number of hydrogen-bond donors (Lipinski definition) is 0. The molecule has 0 atom stereocenters. The number of ether oxygens (including phenoxy) is 1. The summed E-state index contributed by atoms with van der Waals surface area (Å²) >= 11 is 5.85. The number of aliphatic imine (C=N–C) groups is 1. The fraction of sp³-hybridized carbons (Fsp3) is 0.333. The summed E-state index contributed by atoms with van der Waals surface area (Å²) in [5.41, 5.74) is 1.98. The first kappa shape index (κ1) is 12.7. The maximum absolute atomic E-state index is 11.0. The minimum absolute atomic E-state index is 0.0415. The minimum Gasteiger partial charge on any atom is -0.465 e. The highest BCUT2D eigenvalue weighted by Crippen LogP contribution is 2.13. The van der Waals surface area contributed by atoms with Crippen LogP contribution in [0.1, 0.15) is 18.1 Å². The number of rotatable bonds is 4. The maximum atomic E-state index is 11.0. The van der Waals surface area contributed by atoms with E-state index in [0.29, 0.717) is 11.6 Å². The van der Waals surface area contributed by atoms with E-state index < -0.39 is 0 Å². The van der Waals surface area contributed by atoms with Crippen LogP contribution in [0.15, 0.2) is 23.2 Å². The van der Waals surface area contributed by atoms with E-state index in [1.165, 1.54) is 0 Å². The number of benzene rings is 1. The van der Waals surface area contributed by atoms with Crippen LogP contribution < -0.4 is 0 Å². The molecule has 0 aliphatic heterocycles. The summed E-state index contributed by atoms with van der Waals surface area (Å²) in [6.07, 6.45) is 1.64. The summed E-state index contributed by atoms with van der Waals surface area (Å²) in [7, 11) is 0. The topological polar surface area (TPSA) is 38.7 Å². The zero-order valence-electron chi connectivity index (χ0n) is 9.37. The summed E-state index contributed by atoms with van der Waals surface area (Å²) in [4.78, 5) is 15.0. The second kappa shape index (κ2) is 6.28. The average Bonchev–Trinajstić information content (AvgIpc) is 2.23. The van der Waals surface area contributed by atoms with Crippen molar-refractivity contribution < 1.29 is 9.53 Å². The molecule has 0 aromatic heterocycles. The highest BCUT2D eigenvalue weighted by molar-refractivity contribution is 6.30. The van der Waals surface area contributed by atoms with Gasteiger partial charge < -0.3 is 4.74 Å². The molecular formula is C12H14ClNO2. The van der Waals surface area contributed by atoms with Crippen LogP contribution in [0.4, 0.5) is 0 Å². The van der Waals surface area contributed by atoms with Gasteiger partial charge in [-0.1, -0.05) is 17.7 Å². The zero-order valence-corrected chi connectivity index (χ0v) is 10.1. The highest BCUT2D eigenvalue weighted by atomic mass is 35.5. The van der Waals surface area contributed by atoms with Gasteiger partial charge in [-0.2, -0.15) is 0 Å².